The summed E-state index contributed by atoms with van der Waals surface area (Å²) in [6.07, 6.45) is 2.96. The number of aromatic nitrogens is 1. The predicted molar refractivity (Wildman–Crippen MR) is 228 cm³/mol. The lowest BCUT2D eigenvalue weighted by atomic mass is 9.81. The first-order valence-electron chi connectivity index (χ1n) is 18.9. The summed E-state index contributed by atoms with van der Waals surface area (Å²) in [6.45, 7) is 4.68. The minimum atomic E-state index is -0.0134. The molecule has 0 N–H and O–H groups in total. The van der Waals surface area contributed by atoms with Gasteiger partial charge in [0.2, 0.25) is 0 Å². The third-order valence-electron chi connectivity index (χ3n) is 11.6. The Balaban J connectivity index is 0.978. The molecule has 10 rings (SSSR count). The molecule has 1 heteroatoms. The van der Waals surface area contributed by atoms with Gasteiger partial charge in [-0.2, -0.15) is 0 Å². The molecule has 0 atom stereocenters. The molecule has 1 heterocycles. The average molecular weight is 690 g/mol. The fraction of sp³-hybridized carbons (Fsp3) is 0.0755. The molecule has 54 heavy (non-hydrogen) atoms. The highest BCUT2D eigenvalue weighted by molar-refractivity contribution is 6.21. The summed E-state index contributed by atoms with van der Waals surface area (Å²) in [5.74, 6) is 0. The first kappa shape index (κ1) is 32.1. The number of hydrogen-bond donors (Lipinski definition) is 0. The third kappa shape index (κ3) is 5.35. The van der Waals surface area contributed by atoms with Crippen molar-refractivity contribution < 1.29 is 0 Å². The molecule has 0 saturated heterocycles. The van der Waals surface area contributed by atoms with E-state index >= 15 is 0 Å². The summed E-state index contributed by atoms with van der Waals surface area (Å²) in [6, 6.07) is 66.5. The predicted octanol–water partition coefficient (Wildman–Crippen LogP) is 14.0. The van der Waals surface area contributed by atoms with Crippen molar-refractivity contribution in [3.8, 4) is 55.8 Å². The molecule has 1 aliphatic rings. The van der Waals surface area contributed by atoms with Crippen LogP contribution in [0.3, 0.4) is 0 Å². The molecule has 1 aliphatic carbocycles. The minimum absolute atomic E-state index is 0.0134. The second-order valence-electron chi connectivity index (χ2n) is 15.1. The van der Waals surface area contributed by atoms with Crippen LogP contribution in [0.4, 0.5) is 0 Å². The summed E-state index contributed by atoms with van der Waals surface area (Å²) in [7, 11) is 0. The Morgan fingerprint density at radius 3 is 1.54 bits per heavy atom. The lowest BCUT2D eigenvalue weighted by Crippen LogP contribution is -2.14. The largest absolute Gasteiger partial charge is 0.256 e. The number of fused-ring (bicyclic) bond motifs is 5. The van der Waals surface area contributed by atoms with Crippen LogP contribution in [-0.4, -0.2) is 4.98 Å². The SMILES string of the molecule is CC1(C)c2ccccc2-c2ccc(-c3ccc(-c4ccc(-c5c6ccccc6c(-c6ccc(Cc7ccccc7)cc6)c6ccccc56)nc4)cc3)cc21. The molecule has 0 unspecified atom stereocenters. The van der Waals surface area contributed by atoms with E-state index in [1.54, 1.807) is 0 Å². The van der Waals surface area contributed by atoms with Crippen molar-refractivity contribution in [2.24, 2.45) is 0 Å². The topological polar surface area (TPSA) is 12.9 Å². The van der Waals surface area contributed by atoms with E-state index in [9.17, 15) is 0 Å². The van der Waals surface area contributed by atoms with Crippen LogP contribution in [0.5, 0.6) is 0 Å². The van der Waals surface area contributed by atoms with Crippen molar-refractivity contribution in [1.29, 1.82) is 0 Å². The maximum atomic E-state index is 5.14. The summed E-state index contributed by atoms with van der Waals surface area (Å²) in [5.41, 5.74) is 17.5. The van der Waals surface area contributed by atoms with Crippen molar-refractivity contribution >= 4 is 21.5 Å². The maximum absolute atomic E-state index is 5.14. The standard InChI is InChI=1S/C53H39N/c1-53(2)48-19-11-10-14-42(48)43-30-28-40(33-49(43)53)37-24-26-38(27-25-37)41-29-31-50(54-34-41)52-46-17-8-6-15-44(46)51(45-16-7-9-18-47(45)52)39-22-20-36(21-23-39)32-35-12-4-3-5-13-35/h3-31,33-34H,32H2,1-2H3. The molecule has 0 amide bonds. The van der Waals surface area contributed by atoms with E-state index in [1.165, 1.54) is 82.7 Å². The van der Waals surface area contributed by atoms with Crippen molar-refractivity contribution in [2.75, 3.05) is 0 Å². The Hall–Kier alpha value is -6.57. The molecule has 9 aromatic rings. The molecular formula is C53H39N. The second-order valence-corrected chi connectivity index (χ2v) is 15.1. The van der Waals surface area contributed by atoms with Crippen LogP contribution in [0.25, 0.3) is 77.3 Å². The lowest BCUT2D eigenvalue weighted by Gasteiger charge is -2.22. The van der Waals surface area contributed by atoms with Gasteiger partial charge in [0, 0.05) is 22.7 Å². The average Bonchev–Trinajstić information content (AvgIpc) is 3.46. The van der Waals surface area contributed by atoms with E-state index in [-0.39, 0.29) is 5.41 Å². The van der Waals surface area contributed by atoms with E-state index < -0.39 is 0 Å². The first-order valence-corrected chi connectivity index (χ1v) is 18.9. The fourth-order valence-corrected chi connectivity index (χ4v) is 8.79. The zero-order chi connectivity index (χ0) is 36.2. The Labute approximate surface area is 317 Å². The number of benzene rings is 8. The molecular weight excluding hydrogens is 651 g/mol. The van der Waals surface area contributed by atoms with E-state index in [0.29, 0.717) is 0 Å². The molecule has 0 aliphatic heterocycles. The van der Waals surface area contributed by atoms with Crippen LogP contribution >= 0.6 is 0 Å². The number of rotatable bonds is 6. The van der Waals surface area contributed by atoms with Gasteiger partial charge in [0.1, 0.15) is 0 Å². The van der Waals surface area contributed by atoms with Gasteiger partial charge in [0.25, 0.3) is 0 Å². The quantitative estimate of drug-likeness (QED) is 0.158. The second kappa shape index (κ2) is 12.8. The highest BCUT2D eigenvalue weighted by Gasteiger charge is 2.35. The summed E-state index contributed by atoms with van der Waals surface area (Å²) in [5, 5.41) is 4.90. The summed E-state index contributed by atoms with van der Waals surface area (Å²) in [4.78, 5) is 5.14. The van der Waals surface area contributed by atoms with Crippen LogP contribution in [0.2, 0.25) is 0 Å². The van der Waals surface area contributed by atoms with E-state index in [1.807, 2.05) is 6.20 Å². The van der Waals surface area contributed by atoms with E-state index in [2.05, 4.69) is 196 Å². The Morgan fingerprint density at radius 2 is 0.889 bits per heavy atom. The first-order chi connectivity index (χ1) is 26.5. The van der Waals surface area contributed by atoms with Gasteiger partial charge in [0.05, 0.1) is 5.69 Å². The van der Waals surface area contributed by atoms with Gasteiger partial charge in [-0.15, -0.1) is 0 Å². The van der Waals surface area contributed by atoms with Gasteiger partial charge < -0.3 is 0 Å². The maximum Gasteiger partial charge on any atom is 0.0714 e. The van der Waals surface area contributed by atoms with Gasteiger partial charge >= 0.3 is 0 Å². The van der Waals surface area contributed by atoms with Gasteiger partial charge in [-0.3, -0.25) is 4.98 Å². The fourth-order valence-electron chi connectivity index (χ4n) is 8.79. The Bertz CT molecular complexity index is 2770. The van der Waals surface area contributed by atoms with Gasteiger partial charge in [-0.1, -0.05) is 184 Å². The van der Waals surface area contributed by atoms with Crippen LogP contribution in [0.15, 0.2) is 188 Å². The zero-order valence-electron chi connectivity index (χ0n) is 30.6. The number of pyridine rings is 1. The molecule has 0 spiro atoms. The smallest absolute Gasteiger partial charge is 0.0714 e. The molecule has 0 fully saturated rings. The Kier molecular flexibility index (Phi) is 7.63. The van der Waals surface area contributed by atoms with Crippen molar-refractivity contribution in [2.45, 2.75) is 25.7 Å². The summed E-state index contributed by atoms with van der Waals surface area (Å²) >= 11 is 0. The molecule has 1 aromatic heterocycles. The van der Waals surface area contributed by atoms with E-state index in [0.717, 1.165) is 23.2 Å². The zero-order valence-corrected chi connectivity index (χ0v) is 30.6. The van der Waals surface area contributed by atoms with Crippen LogP contribution in [-0.2, 0) is 11.8 Å². The number of nitrogens with zero attached hydrogens (tertiary/aromatic N) is 1. The molecule has 0 bridgehead atoms. The van der Waals surface area contributed by atoms with Crippen molar-refractivity contribution in [3.05, 3.63) is 210 Å². The third-order valence-corrected chi connectivity index (χ3v) is 11.6. The van der Waals surface area contributed by atoms with Crippen molar-refractivity contribution in [3.63, 3.8) is 0 Å². The van der Waals surface area contributed by atoms with Gasteiger partial charge in [-0.05, 0) is 101 Å². The van der Waals surface area contributed by atoms with Crippen LogP contribution in [0.1, 0.15) is 36.1 Å². The van der Waals surface area contributed by atoms with Gasteiger partial charge in [0.15, 0.2) is 0 Å². The molecule has 0 radical (unpaired) electrons. The van der Waals surface area contributed by atoms with Crippen molar-refractivity contribution in [1.82, 2.24) is 4.98 Å². The molecule has 8 aromatic carbocycles. The highest BCUT2D eigenvalue weighted by atomic mass is 14.7. The lowest BCUT2D eigenvalue weighted by molar-refractivity contribution is 0.660. The molecule has 1 nitrogen and oxygen atoms in total. The Morgan fingerprint density at radius 1 is 0.389 bits per heavy atom. The molecule has 256 valence electrons. The molecule has 0 saturated carbocycles. The van der Waals surface area contributed by atoms with Gasteiger partial charge in [-0.25, -0.2) is 0 Å². The minimum Gasteiger partial charge on any atom is -0.256 e. The van der Waals surface area contributed by atoms with E-state index in [4.69, 9.17) is 4.98 Å². The van der Waals surface area contributed by atoms with Crippen LogP contribution in [0, 0.1) is 0 Å². The normalized spacial score (nSPS) is 12.9. The number of hydrogen-bond acceptors (Lipinski definition) is 1. The summed E-state index contributed by atoms with van der Waals surface area (Å²) < 4.78 is 0. The monoisotopic (exact) mass is 689 g/mol. The highest BCUT2D eigenvalue weighted by Crippen LogP contribution is 2.49. The van der Waals surface area contributed by atoms with Crippen LogP contribution < -0.4 is 0 Å².